The molecule has 1 atom stereocenters. The summed E-state index contributed by atoms with van der Waals surface area (Å²) < 4.78 is 6.75. The van der Waals surface area contributed by atoms with Gasteiger partial charge in [0.25, 0.3) is 5.56 Å². The number of fused-ring (bicyclic) bond motifs is 1. The van der Waals surface area contributed by atoms with Crippen molar-refractivity contribution in [2.75, 3.05) is 0 Å². The summed E-state index contributed by atoms with van der Waals surface area (Å²) in [6.07, 6.45) is 0.604. The molecular formula is C14H12N2O3. The Bertz CT molecular complexity index is 727. The van der Waals surface area contributed by atoms with Gasteiger partial charge in [0, 0.05) is 17.6 Å². The first-order valence-corrected chi connectivity index (χ1v) is 5.93. The number of furan rings is 1. The molecule has 0 aliphatic rings. The maximum Gasteiger partial charge on any atom is 0.266 e. The van der Waals surface area contributed by atoms with E-state index in [9.17, 15) is 9.90 Å². The minimum absolute atomic E-state index is 0.0689. The number of hydrogen-bond acceptors (Lipinski definition) is 4. The molecule has 5 nitrogen and oxygen atoms in total. The van der Waals surface area contributed by atoms with Crippen LogP contribution in [0.2, 0.25) is 0 Å². The fraction of sp³-hybridized carbons (Fsp3) is 0.143. The van der Waals surface area contributed by atoms with E-state index in [0.717, 1.165) is 5.39 Å². The predicted octanol–water partition coefficient (Wildman–Crippen LogP) is 1.72. The molecule has 0 aliphatic heterocycles. The van der Waals surface area contributed by atoms with Gasteiger partial charge < -0.3 is 9.52 Å². The number of benzene rings is 1. The number of nitrogens with zero attached hydrogens (tertiary/aromatic N) is 2. The molecule has 19 heavy (non-hydrogen) atoms. The summed E-state index contributed by atoms with van der Waals surface area (Å²) in [7, 11) is 0. The van der Waals surface area contributed by atoms with Crippen molar-refractivity contribution >= 4 is 11.0 Å². The van der Waals surface area contributed by atoms with Crippen LogP contribution < -0.4 is 5.56 Å². The second kappa shape index (κ2) is 4.70. The molecule has 0 radical (unpaired) electrons. The van der Waals surface area contributed by atoms with Gasteiger partial charge in [-0.05, 0) is 18.2 Å². The molecule has 0 saturated heterocycles. The lowest BCUT2D eigenvalue weighted by Gasteiger charge is -2.08. The lowest BCUT2D eigenvalue weighted by molar-refractivity contribution is 0.126. The van der Waals surface area contributed by atoms with Crippen molar-refractivity contribution in [3.63, 3.8) is 0 Å². The Morgan fingerprint density at radius 2 is 2.11 bits per heavy atom. The zero-order valence-corrected chi connectivity index (χ0v) is 10.1. The van der Waals surface area contributed by atoms with Crippen molar-refractivity contribution < 1.29 is 9.52 Å². The molecule has 3 aromatic rings. The molecule has 0 fully saturated rings. The van der Waals surface area contributed by atoms with E-state index in [4.69, 9.17) is 4.42 Å². The molecule has 3 rings (SSSR count). The van der Waals surface area contributed by atoms with Crippen LogP contribution in [-0.4, -0.2) is 14.9 Å². The summed E-state index contributed by atoms with van der Waals surface area (Å²) in [6, 6.07) is 12.2. The van der Waals surface area contributed by atoms with Gasteiger partial charge in [-0.15, -0.1) is 0 Å². The van der Waals surface area contributed by atoms with Crippen LogP contribution in [-0.2, 0) is 6.54 Å². The third-order valence-corrected chi connectivity index (χ3v) is 2.90. The van der Waals surface area contributed by atoms with Crippen molar-refractivity contribution in [1.29, 1.82) is 0 Å². The highest BCUT2D eigenvalue weighted by molar-refractivity contribution is 5.77. The maximum atomic E-state index is 11.5. The smallest absolute Gasteiger partial charge is 0.266 e. The average Bonchev–Trinajstić information content (AvgIpc) is 2.85. The van der Waals surface area contributed by atoms with E-state index in [0.29, 0.717) is 11.3 Å². The van der Waals surface area contributed by atoms with Gasteiger partial charge in [0.15, 0.2) is 0 Å². The molecule has 1 unspecified atom stereocenters. The summed E-state index contributed by atoms with van der Waals surface area (Å²) in [4.78, 5) is 11.5. The quantitative estimate of drug-likeness (QED) is 0.774. The van der Waals surface area contributed by atoms with Crippen LogP contribution in [0.25, 0.3) is 11.0 Å². The number of aromatic nitrogens is 2. The standard InChI is InChI=1S/C14H12N2O3/c17-11(9-16-14(18)6-3-7-15-16)13-8-10-4-1-2-5-12(10)19-13/h1-8,11,17H,9H2. The predicted molar refractivity (Wildman–Crippen MR) is 69.7 cm³/mol. The van der Waals surface area contributed by atoms with Crippen molar-refractivity contribution in [2.24, 2.45) is 0 Å². The molecule has 2 aromatic heterocycles. The van der Waals surface area contributed by atoms with Gasteiger partial charge in [0.05, 0.1) is 6.54 Å². The first kappa shape index (κ1) is 11.7. The third-order valence-electron chi connectivity index (χ3n) is 2.90. The SMILES string of the molecule is O=c1cccnn1CC(O)c1cc2ccccc2o1. The van der Waals surface area contributed by atoms with Gasteiger partial charge in [0.2, 0.25) is 0 Å². The summed E-state index contributed by atoms with van der Waals surface area (Å²) in [5, 5.41) is 14.9. The van der Waals surface area contributed by atoms with Crippen LogP contribution in [0.5, 0.6) is 0 Å². The van der Waals surface area contributed by atoms with Crippen molar-refractivity contribution in [2.45, 2.75) is 12.6 Å². The van der Waals surface area contributed by atoms with E-state index >= 15 is 0 Å². The van der Waals surface area contributed by atoms with E-state index in [1.165, 1.54) is 16.9 Å². The zero-order valence-electron chi connectivity index (χ0n) is 10.1. The second-order valence-corrected chi connectivity index (χ2v) is 4.25. The second-order valence-electron chi connectivity index (χ2n) is 4.25. The van der Waals surface area contributed by atoms with Gasteiger partial charge in [-0.25, -0.2) is 4.68 Å². The molecule has 0 amide bonds. The van der Waals surface area contributed by atoms with Crippen molar-refractivity contribution in [3.8, 4) is 0 Å². The molecule has 0 saturated carbocycles. The van der Waals surface area contributed by atoms with Crippen molar-refractivity contribution in [1.82, 2.24) is 9.78 Å². The average molecular weight is 256 g/mol. The first-order valence-electron chi connectivity index (χ1n) is 5.93. The number of hydrogen-bond donors (Lipinski definition) is 1. The molecular weight excluding hydrogens is 244 g/mol. The van der Waals surface area contributed by atoms with Crippen LogP contribution in [0.4, 0.5) is 0 Å². The van der Waals surface area contributed by atoms with E-state index in [-0.39, 0.29) is 12.1 Å². The molecule has 0 bridgehead atoms. The maximum absolute atomic E-state index is 11.5. The van der Waals surface area contributed by atoms with Crippen LogP contribution in [0.15, 0.2) is 57.9 Å². The normalized spacial score (nSPS) is 12.7. The number of para-hydroxylation sites is 1. The molecule has 96 valence electrons. The lowest BCUT2D eigenvalue weighted by Crippen LogP contribution is -2.24. The van der Waals surface area contributed by atoms with Gasteiger partial charge in [-0.3, -0.25) is 4.79 Å². The van der Waals surface area contributed by atoms with Crippen LogP contribution in [0.3, 0.4) is 0 Å². The van der Waals surface area contributed by atoms with E-state index in [1.54, 1.807) is 12.1 Å². The Morgan fingerprint density at radius 1 is 1.26 bits per heavy atom. The Balaban J connectivity index is 1.90. The molecule has 1 N–H and O–H groups in total. The molecule has 2 heterocycles. The van der Waals surface area contributed by atoms with E-state index in [2.05, 4.69) is 5.10 Å². The number of rotatable bonds is 3. The van der Waals surface area contributed by atoms with Gasteiger partial charge in [-0.1, -0.05) is 18.2 Å². The molecule has 0 aliphatic carbocycles. The first-order chi connectivity index (χ1) is 9.24. The summed E-state index contributed by atoms with van der Waals surface area (Å²) in [6.45, 7) is 0.0689. The Hall–Kier alpha value is -2.40. The third kappa shape index (κ3) is 2.28. The summed E-state index contributed by atoms with van der Waals surface area (Å²) in [5.74, 6) is 0.429. The topological polar surface area (TPSA) is 68.3 Å². The summed E-state index contributed by atoms with van der Waals surface area (Å²) >= 11 is 0. The molecule has 0 spiro atoms. The van der Waals surface area contributed by atoms with E-state index in [1.807, 2.05) is 24.3 Å². The minimum atomic E-state index is -0.903. The summed E-state index contributed by atoms with van der Waals surface area (Å²) in [5.41, 5.74) is 0.461. The van der Waals surface area contributed by atoms with E-state index < -0.39 is 6.10 Å². The van der Waals surface area contributed by atoms with Crippen LogP contribution >= 0.6 is 0 Å². The molecule has 5 heteroatoms. The Labute approximate surface area is 108 Å². The highest BCUT2D eigenvalue weighted by Gasteiger charge is 2.14. The fourth-order valence-electron chi connectivity index (χ4n) is 1.94. The molecule has 1 aromatic carbocycles. The number of aliphatic hydroxyl groups excluding tert-OH is 1. The van der Waals surface area contributed by atoms with Crippen LogP contribution in [0, 0.1) is 0 Å². The monoisotopic (exact) mass is 256 g/mol. The Kier molecular flexibility index (Phi) is 2.89. The highest BCUT2D eigenvalue weighted by atomic mass is 16.4. The van der Waals surface area contributed by atoms with Gasteiger partial charge in [0.1, 0.15) is 17.4 Å². The number of aliphatic hydroxyl groups is 1. The fourth-order valence-corrected chi connectivity index (χ4v) is 1.94. The Morgan fingerprint density at radius 3 is 2.89 bits per heavy atom. The lowest BCUT2D eigenvalue weighted by atomic mass is 10.2. The largest absolute Gasteiger partial charge is 0.458 e. The van der Waals surface area contributed by atoms with Crippen molar-refractivity contribution in [3.05, 3.63) is 64.8 Å². The zero-order chi connectivity index (χ0) is 13.2. The van der Waals surface area contributed by atoms with Gasteiger partial charge in [-0.2, -0.15) is 5.10 Å². The minimum Gasteiger partial charge on any atom is -0.458 e. The van der Waals surface area contributed by atoms with Crippen LogP contribution in [0.1, 0.15) is 11.9 Å². The highest BCUT2D eigenvalue weighted by Crippen LogP contribution is 2.24. The van der Waals surface area contributed by atoms with Gasteiger partial charge >= 0.3 is 0 Å².